The van der Waals surface area contributed by atoms with Crippen LogP contribution in [0.2, 0.25) is 0 Å². The molecule has 2 aromatic rings. The van der Waals surface area contributed by atoms with Crippen molar-refractivity contribution < 1.29 is 4.79 Å². The second kappa shape index (κ2) is 8.93. The number of rotatable bonds is 7. The van der Waals surface area contributed by atoms with E-state index in [0.717, 1.165) is 19.6 Å². The van der Waals surface area contributed by atoms with Gasteiger partial charge in [-0.2, -0.15) is 0 Å². The Hall–Kier alpha value is -2.43. The van der Waals surface area contributed by atoms with E-state index in [1.807, 2.05) is 24.3 Å². The van der Waals surface area contributed by atoms with Gasteiger partial charge in [-0.1, -0.05) is 54.1 Å². The summed E-state index contributed by atoms with van der Waals surface area (Å²) in [5.74, 6) is 0.327. The molecule has 152 valence electrons. The summed E-state index contributed by atoms with van der Waals surface area (Å²) in [5.41, 5.74) is 9.92. The van der Waals surface area contributed by atoms with Crippen molar-refractivity contribution in [2.75, 3.05) is 13.1 Å². The van der Waals surface area contributed by atoms with Gasteiger partial charge in [0.05, 0.1) is 0 Å². The van der Waals surface area contributed by atoms with E-state index in [1.165, 1.54) is 36.0 Å². The van der Waals surface area contributed by atoms with Crippen molar-refractivity contribution >= 4 is 12.0 Å². The van der Waals surface area contributed by atoms with Crippen molar-refractivity contribution in [1.29, 1.82) is 0 Å². The van der Waals surface area contributed by atoms with Gasteiger partial charge in [-0.3, -0.25) is 9.69 Å². The van der Waals surface area contributed by atoms with E-state index in [2.05, 4.69) is 53.5 Å². The number of carbonyl (C=O) groups excluding carboxylic acids is 1. The molecule has 4 nitrogen and oxygen atoms in total. The van der Waals surface area contributed by atoms with Crippen molar-refractivity contribution in [3.05, 3.63) is 76.9 Å². The first-order chi connectivity index (χ1) is 14.1. The highest BCUT2D eigenvalue weighted by atomic mass is 16.1. The van der Waals surface area contributed by atoms with E-state index in [-0.39, 0.29) is 5.91 Å². The zero-order valence-corrected chi connectivity index (χ0v) is 17.2. The molecule has 1 saturated heterocycles. The highest BCUT2D eigenvalue weighted by Gasteiger charge is 2.39. The third kappa shape index (κ3) is 5.34. The summed E-state index contributed by atoms with van der Waals surface area (Å²) in [6.45, 7) is 5.44. The number of carbonyl (C=O) groups is 1. The Labute approximate surface area is 173 Å². The quantitative estimate of drug-likeness (QED) is 0.757. The van der Waals surface area contributed by atoms with Crippen LogP contribution in [0.25, 0.3) is 6.08 Å². The fourth-order valence-corrected chi connectivity index (χ4v) is 4.39. The van der Waals surface area contributed by atoms with Crippen LogP contribution in [0.5, 0.6) is 0 Å². The van der Waals surface area contributed by atoms with Crippen LogP contribution in [-0.4, -0.2) is 36.0 Å². The Morgan fingerprint density at radius 3 is 2.45 bits per heavy atom. The number of primary amides is 1. The lowest BCUT2D eigenvalue weighted by molar-refractivity contribution is 0.1000. The molecule has 29 heavy (non-hydrogen) atoms. The molecule has 2 aromatic carbocycles. The van der Waals surface area contributed by atoms with Crippen LogP contribution in [0, 0.1) is 5.92 Å². The summed E-state index contributed by atoms with van der Waals surface area (Å²) in [6.07, 6.45) is 5.99. The SMILES string of the molecule is C/C(=C\c1ccccc1)[C@@H]1CC1NC1CCN(Cc2ccc(C(N)=O)cc2)CC1. The van der Waals surface area contributed by atoms with Gasteiger partial charge in [0.2, 0.25) is 5.91 Å². The largest absolute Gasteiger partial charge is 0.366 e. The van der Waals surface area contributed by atoms with E-state index in [0.29, 0.717) is 23.6 Å². The smallest absolute Gasteiger partial charge is 0.248 e. The summed E-state index contributed by atoms with van der Waals surface area (Å²) in [5, 5.41) is 3.90. The van der Waals surface area contributed by atoms with Gasteiger partial charge in [-0.05, 0) is 68.5 Å². The summed E-state index contributed by atoms with van der Waals surface area (Å²) in [7, 11) is 0. The molecular weight excluding hydrogens is 358 g/mol. The van der Waals surface area contributed by atoms with Crippen LogP contribution in [-0.2, 0) is 6.54 Å². The lowest BCUT2D eigenvalue weighted by Gasteiger charge is -2.32. The molecule has 1 unspecified atom stereocenters. The molecule has 0 bridgehead atoms. The van der Waals surface area contributed by atoms with E-state index >= 15 is 0 Å². The Bertz CT molecular complexity index is 851. The number of likely N-dealkylation sites (tertiary alicyclic amines) is 1. The van der Waals surface area contributed by atoms with Crippen molar-refractivity contribution in [3.8, 4) is 0 Å². The molecule has 0 aromatic heterocycles. The summed E-state index contributed by atoms with van der Waals surface area (Å²) in [6, 6.07) is 19.6. The maximum atomic E-state index is 11.2. The zero-order chi connectivity index (χ0) is 20.2. The van der Waals surface area contributed by atoms with Gasteiger partial charge in [0.1, 0.15) is 0 Å². The van der Waals surface area contributed by atoms with Gasteiger partial charge in [0, 0.05) is 24.2 Å². The Kier molecular flexibility index (Phi) is 6.12. The van der Waals surface area contributed by atoms with Crippen LogP contribution in [0.4, 0.5) is 0 Å². The van der Waals surface area contributed by atoms with Gasteiger partial charge in [-0.15, -0.1) is 0 Å². The van der Waals surface area contributed by atoms with E-state index < -0.39 is 0 Å². The number of hydrogen-bond acceptors (Lipinski definition) is 3. The molecule has 2 aliphatic rings. The van der Waals surface area contributed by atoms with Crippen LogP contribution in [0.1, 0.15) is 47.7 Å². The second-order valence-corrected chi connectivity index (χ2v) is 8.53. The first-order valence-corrected chi connectivity index (χ1v) is 10.7. The molecule has 2 fully saturated rings. The van der Waals surface area contributed by atoms with E-state index in [9.17, 15) is 4.79 Å². The highest BCUT2D eigenvalue weighted by molar-refractivity contribution is 5.92. The summed E-state index contributed by atoms with van der Waals surface area (Å²) < 4.78 is 0. The lowest BCUT2D eigenvalue weighted by atomic mass is 10.0. The van der Waals surface area contributed by atoms with E-state index in [1.54, 1.807) is 0 Å². The van der Waals surface area contributed by atoms with E-state index in [4.69, 9.17) is 5.73 Å². The average molecular weight is 390 g/mol. The lowest BCUT2D eigenvalue weighted by Crippen LogP contribution is -2.43. The van der Waals surface area contributed by atoms with Crippen LogP contribution in [0.3, 0.4) is 0 Å². The average Bonchev–Trinajstić information content (AvgIpc) is 3.50. The minimum atomic E-state index is -0.365. The molecule has 1 aliphatic heterocycles. The number of amides is 1. The first kappa shape index (κ1) is 19.9. The van der Waals surface area contributed by atoms with Gasteiger partial charge in [0.15, 0.2) is 0 Å². The molecule has 4 rings (SSSR count). The molecular formula is C25H31N3O. The Morgan fingerprint density at radius 1 is 1.10 bits per heavy atom. The summed E-state index contributed by atoms with van der Waals surface area (Å²) in [4.78, 5) is 13.7. The van der Waals surface area contributed by atoms with Gasteiger partial charge in [0.25, 0.3) is 0 Å². The van der Waals surface area contributed by atoms with Crippen LogP contribution < -0.4 is 11.1 Å². The van der Waals surface area contributed by atoms with Gasteiger partial charge in [-0.25, -0.2) is 0 Å². The molecule has 1 heterocycles. The number of nitrogens with two attached hydrogens (primary N) is 1. The molecule has 1 saturated carbocycles. The fraction of sp³-hybridized carbons (Fsp3) is 0.400. The second-order valence-electron chi connectivity index (χ2n) is 8.53. The van der Waals surface area contributed by atoms with Crippen molar-refractivity contribution in [2.45, 2.75) is 44.8 Å². The van der Waals surface area contributed by atoms with Crippen LogP contribution >= 0.6 is 0 Å². The normalized spacial score (nSPS) is 23.1. The standard InChI is InChI=1S/C25H31N3O/c1-18(15-19-5-3-2-4-6-19)23-16-24(23)27-22-11-13-28(14-12-22)17-20-7-9-21(10-8-20)25(26)29/h2-10,15,22-24,27H,11-14,16-17H2,1H3,(H2,26,29)/b18-15+/t23-,24?/m0/s1. The number of hydrogen-bond donors (Lipinski definition) is 2. The molecule has 4 heteroatoms. The van der Waals surface area contributed by atoms with Crippen molar-refractivity contribution in [1.82, 2.24) is 10.2 Å². The van der Waals surface area contributed by atoms with Crippen molar-refractivity contribution in [2.24, 2.45) is 11.7 Å². The van der Waals surface area contributed by atoms with Crippen LogP contribution in [0.15, 0.2) is 60.2 Å². The van der Waals surface area contributed by atoms with Gasteiger partial charge < -0.3 is 11.1 Å². The predicted molar refractivity (Wildman–Crippen MR) is 118 cm³/mol. The Balaban J connectivity index is 1.21. The maximum Gasteiger partial charge on any atom is 0.248 e. The zero-order valence-electron chi connectivity index (χ0n) is 17.2. The third-order valence-corrected chi connectivity index (χ3v) is 6.25. The number of nitrogens with zero attached hydrogens (tertiary/aromatic N) is 1. The Morgan fingerprint density at radius 2 is 1.79 bits per heavy atom. The number of piperidine rings is 1. The minimum Gasteiger partial charge on any atom is -0.366 e. The molecule has 3 N–H and O–H groups in total. The van der Waals surface area contributed by atoms with Gasteiger partial charge >= 0.3 is 0 Å². The number of benzene rings is 2. The highest BCUT2D eigenvalue weighted by Crippen LogP contribution is 2.38. The monoisotopic (exact) mass is 389 g/mol. The molecule has 1 amide bonds. The number of nitrogens with one attached hydrogen (secondary N) is 1. The predicted octanol–water partition coefficient (Wildman–Crippen LogP) is 3.83. The molecule has 1 aliphatic carbocycles. The maximum absolute atomic E-state index is 11.2. The first-order valence-electron chi connectivity index (χ1n) is 10.7. The molecule has 2 atom stereocenters. The summed E-state index contributed by atoms with van der Waals surface area (Å²) >= 11 is 0. The van der Waals surface area contributed by atoms with Crippen molar-refractivity contribution in [3.63, 3.8) is 0 Å². The molecule has 0 radical (unpaired) electrons. The minimum absolute atomic E-state index is 0.365. The fourth-order valence-electron chi connectivity index (χ4n) is 4.39. The topological polar surface area (TPSA) is 58.4 Å². The molecule has 0 spiro atoms. The third-order valence-electron chi connectivity index (χ3n) is 6.25.